The number of benzene rings is 2. The molecule has 0 bridgehead atoms. The number of rotatable bonds is 2. The third-order valence-corrected chi connectivity index (χ3v) is 5.67. The van der Waals surface area contributed by atoms with E-state index in [1.165, 1.54) is 0 Å². The molecule has 14 heavy (non-hydrogen) atoms. The topological polar surface area (TPSA) is 17.1 Å². The summed E-state index contributed by atoms with van der Waals surface area (Å²) in [4.78, 5) is 0. The Balaban J connectivity index is 2.35. The molecule has 0 aliphatic rings. The molecule has 0 aliphatic carbocycles. The summed E-state index contributed by atoms with van der Waals surface area (Å²) >= 11 is -2.45. The molecule has 2 aromatic rings. The van der Waals surface area contributed by atoms with E-state index in [9.17, 15) is 3.78 Å². The molecule has 0 saturated carbocycles. The van der Waals surface area contributed by atoms with Crippen molar-refractivity contribution in [2.24, 2.45) is 0 Å². The van der Waals surface area contributed by atoms with Crippen LogP contribution in [0, 0.1) is 0 Å². The maximum atomic E-state index is 12.1. The molecule has 0 amide bonds. The van der Waals surface area contributed by atoms with Gasteiger partial charge in [-0.05, 0) is 0 Å². The van der Waals surface area contributed by atoms with Gasteiger partial charge >= 0.3 is 87.5 Å². The second-order valence-electron chi connectivity index (χ2n) is 3.06. The molecule has 0 fully saturated rings. The van der Waals surface area contributed by atoms with Crippen LogP contribution < -0.4 is 8.79 Å². The van der Waals surface area contributed by atoms with Crippen LogP contribution in [0.4, 0.5) is 0 Å². The summed E-state index contributed by atoms with van der Waals surface area (Å²) in [5.41, 5.74) is 0. The molecular weight excluding hydrogens is 233 g/mol. The average molecular weight is 243 g/mol. The average Bonchev–Trinajstić information content (AvgIpc) is 2.30. The van der Waals surface area contributed by atoms with Gasteiger partial charge in [-0.25, -0.2) is 0 Å². The molecule has 0 heterocycles. The first-order valence-electron chi connectivity index (χ1n) is 4.53. The van der Waals surface area contributed by atoms with Crippen LogP contribution in [-0.4, -0.2) is 14.3 Å². The Morgan fingerprint density at radius 2 is 1.00 bits per heavy atom. The third-order valence-electron chi connectivity index (χ3n) is 2.07. The normalized spacial score (nSPS) is 9.71. The summed E-state index contributed by atoms with van der Waals surface area (Å²) in [6.07, 6.45) is 0. The van der Waals surface area contributed by atoms with Crippen molar-refractivity contribution in [2.75, 3.05) is 0 Å². The molecule has 0 N–H and O–H groups in total. The van der Waals surface area contributed by atoms with Crippen LogP contribution >= 0.6 is 0 Å². The zero-order valence-electron chi connectivity index (χ0n) is 7.68. The van der Waals surface area contributed by atoms with Crippen molar-refractivity contribution in [3.8, 4) is 0 Å². The molecule has 0 saturated heterocycles. The van der Waals surface area contributed by atoms with E-state index in [4.69, 9.17) is 0 Å². The first-order valence-corrected chi connectivity index (χ1v) is 7.48. The maximum absolute atomic E-state index is 12.1. The zero-order chi connectivity index (χ0) is 9.80. The summed E-state index contributed by atoms with van der Waals surface area (Å²) in [5.74, 6) is 0. The Morgan fingerprint density at radius 3 is 1.36 bits per heavy atom. The molecule has 1 nitrogen and oxygen atoms in total. The quantitative estimate of drug-likeness (QED) is 0.724. The predicted octanol–water partition coefficient (Wildman–Crippen LogP) is 1.22. The van der Waals surface area contributed by atoms with Crippen molar-refractivity contribution < 1.29 is 3.78 Å². The Kier molecular flexibility index (Phi) is 2.89. The van der Waals surface area contributed by atoms with Gasteiger partial charge in [-0.2, -0.15) is 0 Å². The van der Waals surface area contributed by atoms with E-state index >= 15 is 0 Å². The second kappa shape index (κ2) is 4.33. The van der Waals surface area contributed by atoms with Crippen molar-refractivity contribution >= 4 is 23.1 Å². The minimum atomic E-state index is -2.45. The summed E-state index contributed by atoms with van der Waals surface area (Å²) in [5, 5.41) is 0. The van der Waals surface area contributed by atoms with E-state index in [0.29, 0.717) is 0 Å². The standard InChI is InChI=1S/C12H10GeO/c14-13(11-7-3-1-4-8-11)12-9-5-2-6-10-12/h1-10H. The number of hydrogen-bond acceptors (Lipinski definition) is 1. The molecule has 68 valence electrons. The van der Waals surface area contributed by atoms with Gasteiger partial charge in [0.05, 0.1) is 0 Å². The second-order valence-corrected chi connectivity index (χ2v) is 6.86. The molecule has 2 heteroatoms. The van der Waals surface area contributed by atoms with Crippen LogP contribution in [0.3, 0.4) is 0 Å². The monoisotopic (exact) mass is 244 g/mol. The van der Waals surface area contributed by atoms with Gasteiger partial charge in [-0.3, -0.25) is 0 Å². The van der Waals surface area contributed by atoms with E-state index < -0.39 is 14.3 Å². The Bertz CT molecular complexity index is 381. The summed E-state index contributed by atoms with van der Waals surface area (Å²) in [7, 11) is 0. The fraction of sp³-hybridized carbons (Fsp3) is 0. The summed E-state index contributed by atoms with van der Waals surface area (Å²) in [6.45, 7) is 0. The Hall–Kier alpha value is -1.22. The van der Waals surface area contributed by atoms with Gasteiger partial charge in [-0.1, -0.05) is 0 Å². The van der Waals surface area contributed by atoms with E-state index in [1.807, 2.05) is 60.7 Å². The van der Waals surface area contributed by atoms with Gasteiger partial charge in [0.25, 0.3) is 0 Å². The van der Waals surface area contributed by atoms with E-state index in [-0.39, 0.29) is 0 Å². The van der Waals surface area contributed by atoms with E-state index in [2.05, 4.69) is 0 Å². The molecule has 0 atom stereocenters. The fourth-order valence-electron chi connectivity index (χ4n) is 1.35. The molecular formula is C12H10GeO. The van der Waals surface area contributed by atoms with Crippen LogP contribution in [0.15, 0.2) is 60.7 Å². The van der Waals surface area contributed by atoms with E-state index in [0.717, 1.165) is 8.79 Å². The molecule has 2 aromatic carbocycles. The van der Waals surface area contributed by atoms with E-state index in [1.54, 1.807) is 0 Å². The first kappa shape index (κ1) is 9.34. The van der Waals surface area contributed by atoms with Gasteiger partial charge in [0.15, 0.2) is 0 Å². The van der Waals surface area contributed by atoms with Crippen molar-refractivity contribution in [2.45, 2.75) is 0 Å². The molecule has 0 aliphatic heterocycles. The predicted molar refractivity (Wildman–Crippen MR) is 58.6 cm³/mol. The van der Waals surface area contributed by atoms with Gasteiger partial charge in [0.2, 0.25) is 0 Å². The van der Waals surface area contributed by atoms with Crippen LogP contribution in [0.2, 0.25) is 0 Å². The van der Waals surface area contributed by atoms with Crippen molar-refractivity contribution in [3.63, 3.8) is 0 Å². The van der Waals surface area contributed by atoms with Gasteiger partial charge < -0.3 is 0 Å². The van der Waals surface area contributed by atoms with Crippen LogP contribution in [-0.2, 0) is 3.78 Å². The first-order chi connectivity index (χ1) is 6.88. The van der Waals surface area contributed by atoms with Crippen LogP contribution in [0.1, 0.15) is 0 Å². The van der Waals surface area contributed by atoms with Gasteiger partial charge in [0, 0.05) is 0 Å². The molecule has 0 radical (unpaired) electrons. The zero-order valence-corrected chi connectivity index (χ0v) is 9.78. The molecule has 2 rings (SSSR count). The summed E-state index contributed by atoms with van der Waals surface area (Å²) in [6, 6.07) is 19.4. The number of hydrogen-bond donors (Lipinski definition) is 0. The van der Waals surface area contributed by atoms with Crippen molar-refractivity contribution in [1.82, 2.24) is 0 Å². The summed E-state index contributed by atoms with van der Waals surface area (Å²) < 4.78 is 14.1. The van der Waals surface area contributed by atoms with Crippen LogP contribution in [0.25, 0.3) is 0 Å². The molecule has 0 aromatic heterocycles. The minimum absolute atomic E-state index is 0.985. The third kappa shape index (κ3) is 1.99. The Labute approximate surface area is 87.7 Å². The van der Waals surface area contributed by atoms with Gasteiger partial charge in [0.1, 0.15) is 0 Å². The van der Waals surface area contributed by atoms with Crippen molar-refractivity contribution in [1.29, 1.82) is 0 Å². The Morgan fingerprint density at radius 1 is 0.643 bits per heavy atom. The fourth-order valence-corrected chi connectivity index (χ4v) is 4.12. The van der Waals surface area contributed by atoms with Crippen molar-refractivity contribution in [3.05, 3.63) is 60.7 Å². The van der Waals surface area contributed by atoms with Crippen LogP contribution in [0.5, 0.6) is 0 Å². The van der Waals surface area contributed by atoms with Gasteiger partial charge in [-0.15, -0.1) is 0 Å². The molecule has 0 spiro atoms. The molecule has 0 unspecified atom stereocenters. The SMILES string of the molecule is [O]=[Ge]([c]1ccccc1)[c]1ccccc1.